The smallest absolute Gasteiger partial charge is 0.276 e. The molecule has 0 heterocycles. The number of carbonyl (C=O) groups excluding carboxylic acids is 1. The van der Waals surface area contributed by atoms with E-state index in [9.17, 15) is 14.9 Å². The van der Waals surface area contributed by atoms with Gasteiger partial charge in [-0.2, -0.15) is 0 Å². The number of carbonyl (C=O) groups is 1. The topological polar surface area (TPSA) is 99.9 Å². The van der Waals surface area contributed by atoms with Crippen LogP contribution in [-0.2, 0) is 4.79 Å². The highest BCUT2D eigenvalue weighted by Crippen LogP contribution is 2.38. The van der Waals surface area contributed by atoms with Crippen LogP contribution in [0.4, 0.5) is 11.4 Å². The van der Waals surface area contributed by atoms with Crippen molar-refractivity contribution in [2.24, 2.45) is 0 Å². The Morgan fingerprint density at radius 1 is 0.853 bits per heavy atom. The molecule has 8 heteroatoms. The van der Waals surface area contributed by atoms with Crippen LogP contribution < -0.4 is 19.5 Å². The molecule has 0 fully saturated rings. The molecule has 34 heavy (non-hydrogen) atoms. The van der Waals surface area contributed by atoms with E-state index in [1.54, 1.807) is 45.6 Å². The van der Waals surface area contributed by atoms with Gasteiger partial charge in [0.25, 0.3) is 5.69 Å². The molecule has 3 aromatic rings. The van der Waals surface area contributed by atoms with Crippen molar-refractivity contribution in [3.05, 3.63) is 93.5 Å². The third-order valence-corrected chi connectivity index (χ3v) is 4.86. The molecular weight excluding hydrogens is 436 g/mol. The number of nitrogens with zero attached hydrogens (tertiary/aromatic N) is 1. The first-order chi connectivity index (χ1) is 16.4. The molecule has 0 saturated carbocycles. The van der Waals surface area contributed by atoms with Crippen LogP contribution in [0.25, 0.3) is 18.2 Å². The fourth-order valence-electron chi connectivity index (χ4n) is 3.25. The van der Waals surface area contributed by atoms with E-state index in [4.69, 9.17) is 14.2 Å². The number of nitro groups is 1. The third-order valence-electron chi connectivity index (χ3n) is 4.86. The Morgan fingerprint density at radius 3 is 2.18 bits per heavy atom. The SMILES string of the molecule is COc1cc(C=Cc2cccc(NC(=O)/C=C/c3ccccc3[N+](=O)[O-])c2)cc(OC)c1OC. The first-order valence-corrected chi connectivity index (χ1v) is 10.3. The van der Waals surface area contributed by atoms with Crippen LogP contribution in [0.15, 0.2) is 66.7 Å². The van der Waals surface area contributed by atoms with E-state index in [1.807, 2.05) is 42.5 Å². The van der Waals surface area contributed by atoms with Crippen LogP contribution in [0, 0.1) is 10.1 Å². The van der Waals surface area contributed by atoms with Gasteiger partial charge in [0.15, 0.2) is 11.5 Å². The Labute approximate surface area is 197 Å². The van der Waals surface area contributed by atoms with Crippen molar-refractivity contribution in [3.8, 4) is 17.2 Å². The number of anilines is 1. The van der Waals surface area contributed by atoms with E-state index in [2.05, 4.69) is 5.32 Å². The molecule has 0 aliphatic rings. The Hall–Kier alpha value is -4.59. The average molecular weight is 460 g/mol. The van der Waals surface area contributed by atoms with Gasteiger partial charge in [-0.3, -0.25) is 14.9 Å². The van der Waals surface area contributed by atoms with Crippen LogP contribution in [0.3, 0.4) is 0 Å². The molecule has 3 rings (SSSR count). The van der Waals surface area contributed by atoms with E-state index in [0.717, 1.165) is 11.1 Å². The number of nitro benzene ring substituents is 1. The predicted octanol–water partition coefficient (Wildman–Crippen LogP) is 5.44. The molecule has 174 valence electrons. The number of amides is 1. The van der Waals surface area contributed by atoms with Gasteiger partial charge < -0.3 is 19.5 Å². The molecule has 0 spiro atoms. The van der Waals surface area contributed by atoms with Crippen molar-refractivity contribution >= 4 is 35.5 Å². The maximum absolute atomic E-state index is 12.3. The Balaban J connectivity index is 1.74. The number of hydrogen-bond donors (Lipinski definition) is 1. The van der Waals surface area contributed by atoms with Crippen LogP contribution in [0.1, 0.15) is 16.7 Å². The number of nitrogens with one attached hydrogen (secondary N) is 1. The summed E-state index contributed by atoms with van der Waals surface area (Å²) < 4.78 is 16.1. The van der Waals surface area contributed by atoms with Gasteiger partial charge >= 0.3 is 0 Å². The summed E-state index contributed by atoms with van der Waals surface area (Å²) in [6.07, 6.45) is 6.46. The second-order valence-corrected chi connectivity index (χ2v) is 7.06. The zero-order chi connectivity index (χ0) is 24.5. The van der Waals surface area contributed by atoms with Crippen molar-refractivity contribution in [2.45, 2.75) is 0 Å². The Bertz CT molecular complexity index is 1220. The third kappa shape index (κ3) is 6.01. The van der Waals surface area contributed by atoms with Crippen LogP contribution in [0.2, 0.25) is 0 Å². The highest BCUT2D eigenvalue weighted by Gasteiger charge is 2.12. The van der Waals surface area contributed by atoms with E-state index >= 15 is 0 Å². The molecule has 0 aliphatic heterocycles. The zero-order valence-electron chi connectivity index (χ0n) is 19.0. The molecule has 0 unspecified atom stereocenters. The molecular formula is C26H24N2O6. The molecule has 0 saturated heterocycles. The highest BCUT2D eigenvalue weighted by atomic mass is 16.6. The van der Waals surface area contributed by atoms with E-state index in [0.29, 0.717) is 28.5 Å². The van der Waals surface area contributed by atoms with Gasteiger partial charge in [0.2, 0.25) is 11.7 Å². The molecule has 0 bridgehead atoms. The normalized spacial score (nSPS) is 10.9. The summed E-state index contributed by atoms with van der Waals surface area (Å²) in [5.74, 6) is 1.21. The largest absolute Gasteiger partial charge is 0.493 e. The van der Waals surface area contributed by atoms with E-state index in [1.165, 1.54) is 18.2 Å². The minimum absolute atomic E-state index is 0.0644. The lowest BCUT2D eigenvalue weighted by atomic mass is 10.1. The van der Waals surface area contributed by atoms with Gasteiger partial charge in [0.05, 0.1) is 31.8 Å². The highest BCUT2D eigenvalue weighted by molar-refractivity contribution is 6.02. The summed E-state index contributed by atoms with van der Waals surface area (Å²) in [5, 5.41) is 13.9. The van der Waals surface area contributed by atoms with Crippen LogP contribution in [-0.4, -0.2) is 32.2 Å². The van der Waals surface area contributed by atoms with Crippen molar-refractivity contribution < 1.29 is 23.9 Å². The fourth-order valence-corrected chi connectivity index (χ4v) is 3.25. The molecule has 0 aromatic heterocycles. The summed E-state index contributed by atoms with van der Waals surface area (Å²) in [4.78, 5) is 23.0. The lowest BCUT2D eigenvalue weighted by Gasteiger charge is -2.12. The minimum Gasteiger partial charge on any atom is -0.493 e. The van der Waals surface area contributed by atoms with E-state index < -0.39 is 10.8 Å². The summed E-state index contributed by atoms with van der Waals surface area (Å²) >= 11 is 0. The van der Waals surface area contributed by atoms with E-state index in [-0.39, 0.29) is 5.69 Å². The van der Waals surface area contributed by atoms with Gasteiger partial charge in [-0.1, -0.05) is 36.4 Å². The van der Waals surface area contributed by atoms with Gasteiger partial charge in [0, 0.05) is 17.8 Å². The molecule has 8 nitrogen and oxygen atoms in total. The van der Waals surface area contributed by atoms with Crippen molar-refractivity contribution in [3.63, 3.8) is 0 Å². The van der Waals surface area contributed by atoms with Crippen LogP contribution in [0.5, 0.6) is 17.2 Å². The number of methoxy groups -OCH3 is 3. The summed E-state index contributed by atoms with van der Waals surface area (Å²) in [6, 6.07) is 17.2. The first kappa shape index (κ1) is 24.1. The standard InChI is InChI=1S/C26H24N2O6/c1-32-23-16-19(17-24(33-2)26(23)34-3)12-11-18-7-6-9-21(15-18)27-25(29)14-13-20-8-4-5-10-22(20)28(30)31/h4-17H,1-3H3,(H,27,29)/b12-11?,14-13+. The number of hydrogen-bond acceptors (Lipinski definition) is 6. The summed E-state index contributed by atoms with van der Waals surface area (Å²) in [6.45, 7) is 0. The monoisotopic (exact) mass is 460 g/mol. The molecule has 1 amide bonds. The van der Waals surface area contributed by atoms with Crippen molar-refractivity contribution in [1.29, 1.82) is 0 Å². The predicted molar refractivity (Wildman–Crippen MR) is 132 cm³/mol. The molecule has 0 aliphatic carbocycles. The molecule has 0 radical (unpaired) electrons. The van der Waals surface area contributed by atoms with Gasteiger partial charge in [-0.05, 0) is 47.5 Å². The first-order valence-electron chi connectivity index (χ1n) is 10.3. The number of para-hydroxylation sites is 1. The Morgan fingerprint density at radius 2 is 1.53 bits per heavy atom. The van der Waals surface area contributed by atoms with Crippen molar-refractivity contribution in [2.75, 3.05) is 26.6 Å². The summed E-state index contributed by atoms with van der Waals surface area (Å²) in [7, 11) is 4.66. The van der Waals surface area contributed by atoms with Crippen molar-refractivity contribution in [1.82, 2.24) is 0 Å². The van der Waals surface area contributed by atoms with Crippen LogP contribution >= 0.6 is 0 Å². The zero-order valence-corrected chi connectivity index (χ0v) is 19.0. The lowest BCUT2D eigenvalue weighted by Crippen LogP contribution is -2.07. The maximum Gasteiger partial charge on any atom is 0.276 e. The van der Waals surface area contributed by atoms with Gasteiger partial charge in [-0.15, -0.1) is 0 Å². The lowest BCUT2D eigenvalue weighted by molar-refractivity contribution is -0.385. The second-order valence-electron chi connectivity index (χ2n) is 7.06. The van der Waals surface area contributed by atoms with Gasteiger partial charge in [0.1, 0.15) is 0 Å². The Kier molecular flexibility index (Phi) is 8.02. The van der Waals surface area contributed by atoms with Gasteiger partial charge in [-0.25, -0.2) is 0 Å². The number of ether oxygens (including phenoxy) is 3. The fraction of sp³-hybridized carbons (Fsp3) is 0.115. The maximum atomic E-state index is 12.3. The second kappa shape index (κ2) is 11.3. The average Bonchev–Trinajstić information content (AvgIpc) is 2.85. The number of rotatable bonds is 9. The molecule has 3 aromatic carbocycles. The number of benzene rings is 3. The quantitative estimate of drug-likeness (QED) is 0.197. The molecule has 0 atom stereocenters. The molecule has 1 N–H and O–H groups in total. The minimum atomic E-state index is -0.485. The summed E-state index contributed by atoms with van der Waals surface area (Å²) in [5.41, 5.74) is 2.57.